The van der Waals surface area contributed by atoms with E-state index in [1.807, 2.05) is 12.5 Å². The second kappa shape index (κ2) is 6.75. The van der Waals surface area contributed by atoms with Gasteiger partial charge in [-0.15, -0.1) is 0 Å². The molecule has 1 N–H and O–H groups in total. The van der Waals surface area contributed by atoms with Gasteiger partial charge in [0.05, 0.1) is 18.6 Å². The van der Waals surface area contributed by atoms with Gasteiger partial charge in [0.25, 0.3) is 0 Å². The molecule has 2 heterocycles. The van der Waals surface area contributed by atoms with E-state index in [9.17, 15) is 0 Å². The second-order valence-electron chi connectivity index (χ2n) is 5.52. The molecular weight excluding hydrogens is 248 g/mol. The predicted molar refractivity (Wildman–Crippen MR) is 82.9 cm³/mol. The number of hydrogen-bond acceptors (Lipinski definition) is 2. The zero-order chi connectivity index (χ0) is 14.5. The average Bonchev–Trinajstić information content (AvgIpc) is 3.05. The van der Waals surface area contributed by atoms with Gasteiger partial charge in [-0.25, -0.2) is 4.98 Å². The molecule has 0 aliphatic heterocycles. The summed E-state index contributed by atoms with van der Waals surface area (Å²) in [7, 11) is 0. The highest BCUT2D eigenvalue weighted by Gasteiger charge is 2.10. The fourth-order valence-corrected chi connectivity index (χ4v) is 2.61. The van der Waals surface area contributed by atoms with Crippen molar-refractivity contribution in [2.24, 2.45) is 0 Å². The molecule has 110 valence electrons. The van der Waals surface area contributed by atoms with E-state index in [1.165, 1.54) is 11.3 Å². The van der Waals surface area contributed by atoms with Crippen LogP contribution in [0.1, 0.15) is 57.5 Å². The van der Waals surface area contributed by atoms with Crippen LogP contribution in [0.4, 0.5) is 0 Å². The number of aromatic nitrogens is 3. The molecule has 0 bridgehead atoms. The minimum Gasteiger partial charge on any atom is -0.348 e. The van der Waals surface area contributed by atoms with Crippen LogP contribution in [0, 0.1) is 0 Å². The molecule has 0 aliphatic rings. The van der Waals surface area contributed by atoms with E-state index < -0.39 is 0 Å². The molecule has 2 aromatic heterocycles. The Morgan fingerprint density at radius 3 is 2.75 bits per heavy atom. The van der Waals surface area contributed by atoms with Crippen LogP contribution in [-0.4, -0.2) is 20.7 Å². The van der Waals surface area contributed by atoms with Gasteiger partial charge in [-0.3, -0.25) is 0 Å². The molecular formula is C16H26N4. The van der Waals surface area contributed by atoms with Crippen LogP contribution in [0.2, 0.25) is 0 Å². The van der Waals surface area contributed by atoms with Crippen molar-refractivity contribution >= 4 is 0 Å². The maximum Gasteiger partial charge on any atom is 0.0951 e. The Morgan fingerprint density at radius 2 is 2.10 bits per heavy atom. The van der Waals surface area contributed by atoms with Crippen molar-refractivity contribution in [1.29, 1.82) is 0 Å². The van der Waals surface area contributed by atoms with E-state index in [-0.39, 0.29) is 0 Å². The van der Waals surface area contributed by atoms with E-state index in [2.05, 4.69) is 65.6 Å². The lowest BCUT2D eigenvalue weighted by Gasteiger charge is -2.14. The maximum atomic E-state index is 4.26. The molecule has 2 aromatic rings. The summed E-state index contributed by atoms with van der Waals surface area (Å²) in [6.45, 7) is 10.6. The van der Waals surface area contributed by atoms with E-state index in [0.29, 0.717) is 12.1 Å². The summed E-state index contributed by atoms with van der Waals surface area (Å²) in [4.78, 5) is 4.26. The van der Waals surface area contributed by atoms with E-state index in [0.717, 1.165) is 19.5 Å². The lowest BCUT2D eigenvalue weighted by atomic mass is 10.1. The second-order valence-corrected chi connectivity index (χ2v) is 5.52. The maximum absolute atomic E-state index is 4.26. The highest BCUT2D eigenvalue weighted by atomic mass is 15.1. The first-order valence-corrected chi connectivity index (χ1v) is 7.55. The lowest BCUT2D eigenvalue weighted by molar-refractivity contribution is 0.534. The van der Waals surface area contributed by atoms with Gasteiger partial charge in [-0.05, 0) is 38.4 Å². The largest absolute Gasteiger partial charge is 0.348 e. The quantitative estimate of drug-likeness (QED) is 0.840. The van der Waals surface area contributed by atoms with Crippen LogP contribution < -0.4 is 5.32 Å². The Kier molecular flexibility index (Phi) is 5.01. The summed E-state index contributed by atoms with van der Waals surface area (Å²) in [5, 5.41) is 3.52. The Balaban J connectivity index is 2.11. The molecule has 0 aliphatic carbocycles. The van der Waals surface area contributed by atoms with Crippen molar-refractivity contribution in [3.63, 3.8) is 0 Å². The molecule has 4 nitrogen and oxygen atoms in total. The summed E-state index contributed by atoms with van der Waals surface area (Å²) in [6.07, 6.45) is 9.39. The predicted octanol–water partition coefficient (Wildman–Crippen LogP) is 3.37. The van der Waals surface area contributed by atoms with Crippen molar-refractivity contribution in [2.45, 2.75) is 52.7 Å². The highest BCUT2D eigenvalue weighted by molar-refractivity contribution is 5.16. The number of hydrogen-bond donors (Lipinski definition) is 1. The third kappa shape index (κ3) is 3.31. The molecule has 0 radical (unpaired) electrons. The minimum atomic E-state index is 0.452. The molecule has 1 unspecified atom stereocenters. The Morgan fingerprint density at radius 1 is 1.30 bits per heavy atom. The first-order valence-electron chi connectivity index (χ1n) is 7.55. The van der Waals surface area contributed by atoms with Crippen LogP contribution in [0.25, 0.3) is 0 Å². The number of nitrogens with zero attached hydrogens (tertiary/aromatic N) is 3. The van der Waals surface area contributed by atoms with Crippen molar-refractivity contribution in [3.8, 4) is 0 Å². The van der Waals surface area contributed by atoms with Crippen molar-refractivity contribution in [2.75, 3.05) is 6.54 Å². The summed E-state index contributed by atoms with van der Waals surface area (Å²) in [5.41, 5.74) is 2.61. The zero-order valence-corrected chi connectivity index (χ0v) is 13.0. The van der Waals surface area contributed by atoms with E-state index in [1.54, 1.807) is 0 Å². The monoisotopic (exact) mass is 274 g/mol. The van der Waals surface area contributed by atoms with E-state index >= 15 is 0 Å². The standard InChI is InChI=1S/C16H26N4/c1-5-16(18-6-2)14-7-8-19(10-14)11-15-9-17-12-20(15)13(3)4/h7-10,12-13,16,18H,5-6,11H2,1-4H3. The summed E-state index contributed by atoms with van der Waals surface area (Å²) in [5.74, 6) is 0. The first-order chi connectivity index (χ1) is 9.65. The number of rotatable bonds is 7. The first kappa shape index (κ1) is 14.9. The molecule has 2 rings (SSSR count). The highest BCUT2D eigenvalue weighted by Crippen LogP contribution is 2.18. The van der Waals surface area contributed by atoms with Crippen LogP contribution >= 0.6 is 0 Å². The van der Waals surface area contributed by atoms with Gasteiger partial charge in [-0.2, -0.15) is 0 Å². The van der Waals surface area contributed by atoms with Crippen LogP contribution in [0.3, 0.4) is 0 Å². The van der Waals surface area contributed by atoms with Crippen molar-refractivity contribution in [1.82, 2.24) is 19.4 Å². The minimum absolute atomic E-state index is 0.452. The third-order valence-electron chi connectivity index (χ3n) is 3.68. The van der Waals surface area contributed by atoms with E-state index in [4.69, 9.17) is 0 Å². The molecule has 0 amide bonds. The third-order valence-corrected chi connectivity index (χ3v) is 3.68. The topological polar surface area (TPSA) is 34.8 Å². The summed E-state index contributed by atoms with van der Waals surface area (Å²) >= 11 is 0. The average molecular weight is 274 g/mol. The van der Waals surface area contributed by atoms with Crippen LogP contribution in [0.5, 0.6) is 0 Å². The number of imidazole rings is 1. The Labute approximate surface area is 121 Å². The molecule has 20 heavy (non-hydrogen) atoms. The zero-order valence-electron chi connectivity index (χ0n) is 13.0. The molecule has 0 aromatic carbocycles. The van der Waals surface area contributed by atoms with Gasteiger partial charge in [0.15, 0.2) is 0 Å². The van der Waals surface area contributed by atoms with Gasteiger partial charge >= 0.3 is 0 Å². The molecule has 0 fully saturated rings. The smallest absolute Gasteiger partial charge is 0.0951 e. The Bertz CT molecular complexity index is 524. The van der Waals surface area contributed by atoms with Crippen LogP contribution in [0.15, 0.2) is 31.0 Å². The van der Waals surface area contributed by atoms with Gasteiger partial charge in [0.1, 0.15) is 0 Å². The lowest BCUT2D eigenvalue weighted by Crippen LogP contribution is -2.19. The SMILES string of the molecule is CCNC(CC)c1ccn(Cc2cncn2C(C)C)c1. The van der Waals surface area contributed by atoms with Crippen molar-refractivity contribution < 1.29 is 0 Å². The molecule has 4 heteroatoms. The molecule has 1 atom stereocenters. The van der Waals surface area contributed by atoms with Gasteiger partial charge in [0, 0.05) is 30.7 Å². The molecule has 0 saturated heterocycles. The van der Waals surface area contributed by atoms with Gasteiger partial charge in [0.2, 0.25) is 0 Å². The summed E-state index contributed by atoms with van der Waals surface area (Å²) < 4.78 is 4.46. The fraction of sp³-hybridized carbons (Fsp3) is 0.562. The van der Waals surface area contributed by atoms with Crippen molar-refractivity contribution in [3.05, 3.63) is 42.2 Å². The number of nitrogens with one attached hydrogen (secondary N) is 1. The van der Waals surface area contributed by atoms with Gasteiger partial charge in [-0.1, -0.05) is 13.8 Å². The van der Waals surface area contributed by atoms with Crippen LogP contribution in [-0.2, 0) is 6.54 Å². The molecule has 0 spiro atoms. The summed E-state index contributed by atoms with van der Waals surface area (Å²) in [6, 6.07) is 3.12. The normalized spacial score (nSPS) is 13.1. The van der Waals surface area contributed by atoms with Gasteiger partial charge < -0.3 is 14.5 Å². The molecule has 0 saturated carbocycles. The fourth-order valence-electron chi connectivity index (χ4n) is 2.61. The Hall–Kier alpha value is -1.55.